The van der Waals surface area contributed by atoms with E-state index in [0.29, 0.717) is 44.1 Å². The van der Waals surface area contributed by atoms with Crippen molar-refractivity contribution in [1.29, 1.82) is 0 Å². The van der Waals surface area contributed by atoms with Crippen molar-refractivity contribution < 1.29 is 19.1 Å². The smallest absolute Gasteiger partial charge is 0.246 e. The first kappa shape index (κ1) is 24.5. The SMILES string of the molecule is C=CC(=O)N1CCN(C(=O)CNC2CC(C3CCCC(OC)C3)C(Cl)CC2OC)CC1. The molecule has 176 valence electrons. The molecule has 3 aliphatic rings. The number of carbonyl (C=O) groups excluding carboxylic acids is 2. The Hall–Kier alpha value is -1.15. The van der Waals surface area contributed by atoms with Crippen molar-refractivity contribution in [2.24, 2.45) is 11.8 Å². The number of halogens is 1. The summed E-state index contributed by atoms with van der Waals surface area (Å²) >= 11 is 6.82. The van der Waals surface area contributed by atoms with Crippen LogP contribution in [0.3, 0.4) is 0 Å². The van der Waals surface area contributed by atoms with Crippen molar-refractivity contribution in [2.45, 2.75) is 62.2 Å². The summed E-state index contributed by atoms with van der Waals surface area (Å²) in [6, 6.07) is 0.112. The van der Waals surface area contributed by atoms with Crippen molar-refractivity contribution in [3.05, 3.63) is 12.7 Å². The van der Waals surface area contributed by atoms with Gasteiger partial charge in [-0.3, -0.25) is 9.59 Å². The maximum absolute atomic E-state index is 12.8. The zero-order chi connectivity index (χ0) is 22.4. The molecule has 8 heteroatoms. The van der Waals surface area contributed by atoms with Crippen LogP contribution in [0.25, 0.3) is 0 Å². The summed E-state index contributed by atoms with van der Waals surface area (Å²) in [5, 5.41) is 3.57. The molecule has 1 saturated heterocycles. The molecule has 3 rings (SSSR count). The highest BCUT2D eigenvalue weighted by Gasteiger charge is 2.41. The van der Waals surface area contributed by atoms with E-state index < -0.39 is 0 Å². The number of methoxy groups -OCH3 is 2. The molecular weight excluding hydrogens is 418 g/mol. The molecule has 0 bridgehead atoms. The molecule has 1 aliphatic heterocycles. The summed E-state index contributed by atoms with van der Waals surface area (Å²) in [6.45, 7) is 6.04. The molecule has 31 heavy (non-hydrogen) atoms. The third-order valence-electron chi connectivity index (χ3n) is 7.44. The lowest BCUT2D eigenvalue weighted by molar-refractivity contribution is -0.136. The van der Waals surface area contributed by atoms with Crippen molar-refractivity contribution >= 4 is 23.4 Å². The van der Waals surface area contributed by atoms with Gasteiger partial charge in [0.05, 0.1) is 18.8 Å². The molecule has 1 N–H and O–H groups in total. The van der Waals surface area contributed by atoms with E-state index in [9.17, 15) is 9.59 Å². The lowest BCUT2D eigenvalue weighted by Crippen LogP contribution is -2.55. The van der Waals surface area contributed by atoms with Crippen molar-refractivity contribution in [1.82, 2.24) is 15.1 Å². The number of nitrogens with zero attached hydrogens (tertiary/aromatic N) is 2. The maximum atomic E-state index is 12.8. The molecule has 0 aromatic rings. The number of amides is 2. The Morgan fingerprint density at radius 2 is 1.77 bits per heavy atom. The first-order valence-corrected chi connectivity index (χ1v) is 12.0. The number of piperazine rings is 1. The highest BCUT2D eigenvalue weighted by Crippen LogP contribution is 2.42. The fraction of sp³-hybridized carbons (Fsp3) is 0.826. The number of ether oxygens (including phenoxy) is 2. The second-order valence-electron chi connectivity index (χ2n) is 9.11. The number of rotatable bonds is 7. The van der Waals surface area contributed by atoms with Gasteiger partial charge in [-0.2, -0.15) is 0 Å². The summed E-state index contributed by atoms with van der Waals surface area (Å²) in [5.74, 6) is 0.972. The lowest BCUT2D eigenvalue weighted by Gasteiger charge is -2.44. The molecule has 0 spiro atoms. The van der Waals surface area contributed by atoms with Gasteiger partial charge >= 0.3 is 0 Å². The minimum Gasteiger partial charge on any atom is -0.381 e. The number of hydrogen-bond acceptors (Lipinski definition) is 5. The van der Waals surface area contributed by atoms with Gasteiger partial charge in [0.1, 0.15) is 0 Å². The molecule has 2 amide bonds. The van der Waals surface area contributed by atoms with Crippen LogP contribution in [0.5, 0.6) is 0 Å². The summed E-state index contributed by atoms with van der Waals surface area (Å²) in [6.07, 6.45) is 7.98. The lowest BCUT2D eigenvalue weighted by atomic mass is 9.70. The van der Waals surface area contributed by atoms with E-state index in [2.05, 4.69) is 11.9 Å². The van der Waals surface area contributed by atoms with Gasteiger partial charge in [-0.05, 0) is 50.0 Å². The van der Waals surface area contributed by atoms with E-state index in [4.69, 9.17) is 21.1 Å². The zero-order valence-electron chi connectivity index (χ0n) is 18.9. The molecule has 1 heterocycles. The Kier molecular flexibility index (Phi) is 9.19. The second-order valence-corrected chi connectivity index (χ2v) is 9.67. The molecule has 2 aliphatic carbocycles. The quantitative estimate of drug-likeness (QED) is 0.470. The summed E-state index contributed by atoms with van der Waals surface area (Å²) in [5.41, 5.74) is 0. The molecular formula is C23H38ClN3O4. The van der Waals surface area contributed by atoms with Crippen LogP contribution in [0.2, 0.25) is 0 Å². The highest BCUT2D eigenvalue weighted by molar-refractivity contribution is 6.20. The van der Waals surface area contributed by atoms with Crippen molar-refractivity contribution in [3.63, 3.8) is 0 Å². The molecule has 2 saturated carbocycles. The summed E-state index contributed by atoms with van der Waals surface area (Å²) in [4.78, 5) is 28.1. The van der Waals surface area contributed by atoms with Gasteiger partial charge in [-0.15, -0.1) is 11.6 Å². The zero-order valence-corrected chi connectivity index (χ0v) is 19.7. The number of hydrogen-bond donors (Lipinski definition) is 1. The Bertz CT molecular complexity index is 626. The van der Waals surface area contributed by atoms with Crippen LogP contribution >= 0.6 is 11.6 Å². The number of nitrogens with one attached hydrogen (secondary N) is 1. The van der Waals surface area contributed by atoms with E-state index in [0.717, 1.165) is 25.7 Å². The minimum atomic E-state index is -0.0736. The third kappa shape index (κ3) is 6.21. The van der Waals surface area contributed by atoms with Gasteiger partial charge in [0.25, 0.3) is 0 Å². The fourth-order valence-corrected chi connectivity index (χ4v) is 6.02. The van der Waals surface area contributed by atoms with Gasteiger partial charge in [0, 0.05) is 51.8 Å². The topological polar surface area (TPSA) is 71.1 Å². The third-order valence-corrected chi connectivity index (χ3v) is 7.94. The molecule has 3 fully saturated rings. The maximum Gasteiger partial charge on any atom is 0.246 e. The van der Waals surface area contributed by atoms with Gasteiger partial charge in [-0.25, -0.2) is 0 Å². The molecule has 0 aromatic heterocycles. The van der Waals surface area contributed by atoms with Crippen LogP contribution < -0.4 is 5.32 Å². The Morgan fingerprint density at radius 1 is 1.06 bits per heavy atom. The Morgan fingerprint density at radius 3 is 2.42 bits per heavy atom. The Labute approximate surface area is 191 Å². The van der Waals surface area contributed by atoms with Crippen molar-refractivity contribution in [3.8, 4) is 0 Å². The average molecular weight is 456 g/mol. The largest absolute Gasteiger partial charge is 0.381 e. The molecule has 7 nitrogen and oxygen atoms in total. The average Bonchev–Trinajstić information content (AvgIpc) is 2.82. The van der Waals surface area contributed by atoms with E-state index in [1.54, 1.807) is 19.1 Å². The summed E-state index contributed by atoms with van der Waals surface area (Å²) in [7, 11) is 3.53. The number of alkyl halides is 1. The normalized spacial score (nSPS) is 34.4. The van der Waals surface area contributed by atoms with Crippen LogP contribution in [-0.4, -0.2) is 92.2 Å². The second kappa shape index (κ2) is 11.6. The predicted molar refractivity (Wildman–Crippen MR) is 121 cm³/mol. The molecule has 0 radical (unpaired) electrons. The van der Waals surface area contributed by atoms with Gasteiger partial charge in [0.2, 0.25) is 11.8 Å². The van der Waals surface area contributed by atoms with Crippen LogP contribution in [0.4, 0.5) is 0 Å². The summed E-state index contributed by atoms with van der Waals surface area (Å²) < 4.78 is 11.4. The van der Waals surface area contributed by atoms with Gasteiger partial charge < -0.3 is 24.6 Å². The number of carbonyl (C=O) groups is 2. The monoisotopic (exact) mass is 455 g/mol. The Balaban J connectivity index is 1.52. The van der Waals surface area contributed by atoms with Crippen LogP contribution in [0.1, 0.15) is 38.5 Å². The van der Waals surface area contributed by atoms with Crippen LogP contribution in [0.15, 0.2) is 12.7 Å². The van der Waals surface area contributed by atoms with Gasteiger partial charge in [-0.1, -0.05) is 13.0 Å². The molecule has 6 atom stereocenters. The minimum absolute atomic E-state index is 0.00965. The highest BCUT2D eigenvalue weighted by atomic mass is 35.5. The van der Waals surface area contributed by atoms with Crippen molar-refractivity contribution in [2.75, 3.05) is 46.9 Å². The van der Waals surface area contributed by atoms with Crippen LogP contribution in [0, 0.1) is 11.8 Å². The standard InChI is InChI=1S/C23H38ClN3O4/c1-4-22(28)26-8-10-27(11-9-26)23(29)15-25-20-13-18(19(24)14-21(20)31-3)16-6-5-7-17(12-16)30-2/h4,16-21,25H,1,5-15H2,2-3H3. The molecule has 0 aromatic carbocycles. The van der Waals surface area contributed by atoms with E-state index in [-0.39, 0.29) is 35.9 Å². The van der Waals surface area contributed by atoms with Crippen LogP contribution in [-0.2, 0) is 19.1 Å². The first-order chi connectivity index (χ1) is 15.0. The van der Waals surface area contributed by atoms with Gasteiger partial charge in [0.15, 0.2) is 0 Å². The molecule has 6 unspecified atom stereocenters. The van der Waals surface area contributed by atoms with E-state index in [1.807, 2.05) is 4.90 Å². The predicted octanol–water partition coefficient (Wildman–Crippen LogP) is 2.04. The van der Waals surface area contributed by atoms with E-state index >= 15 is 0 Å². The van der Waals surface area contributed by atoms with E-state index in [1.165, 1.54) is 18.9 Å². The fourth-order valence-electron chi connectivity index (χ4n) is 5.54. The first-order valence-electron chi connectivity index (χ1n) is 11.6.